The number of anilines is 1. The minimum atomic E-state index is -0.442. The van der Waals surface area contributed by atoms with E-state index in [9.17, 15) is 14.0 Å². The van der Waals surface area contributed by atoms with Crippen LogP contribution in [-0.2, 0) is 16.1 Å². The topological polar surface area (TPSA) is 49.4 Å². The number of halogens is 3. The van der Waals surface area contributed by atoms with E-state index in [4.69, 9.17) is 23.2 Å². The zero-order valence-corrected chi connectivity index (χ0v) is 14.6. The quantitative estimate of drug-likeness (QED) is 0.876. The molecule has 0 spiro atoms. The van der Waals surface area contributed by atoms with Crippen LogP contribution in [0.2, 0.25) is 10.0 Å². The predicted molar refractivity (Wildman–Crippen MR) is 95.2 cm³/mol. The molecule has 4 nitrogen and oxygen atoms in total. The fraction of sp³-hybridized carbons (Fsp3) is 0.222. The first-order chi connectivity index (χ1) is 11.9. The maximum atomic E-state index is 12.9. The number of amides is 2. The molecule has 1 atom stereocenters. The molecule has 25 heavy (non-hydrogen) atoms. The van der Waals surface area contributed by atoms with Crippen LogP contribution in [-0.4, -0.2) is 18.4 Å². The number of rotatable bonds is 4. The lowest BCUT2D eigenvalue weighted by Crippen LogP contribution is -2.32. The minimum absolute atomic E-state index is 0.134. The zero-order chi connectivity index (χ0) is 18.0. The molecule has 1 fully saturated rings. The summed E-state index contributed by atoms with van der Waals surface area (Å²) in [5.41, 5.74) is 1.41. The fourth-order valence-corrected chi connectivity index (χ4v) is 3.01. The summed E-state index contributed by atoms with van der Waals surface area (Å²) in [4.78, 5) is 26.1. The Balaban J connectivity index is 1.62. The SMILES string of the molecule is O=C(NCc1ccc(F)cc1)C1CC(=O)N(c2ccc(Cl)c(Cl)c2)C1. The van der Waals surface area contributed by atoms with Gasteiger partial charge < -0.3 is 10.2 Å². The van der Waals surface area contributed by atoms with Gasteiger partial charge in [0.05, 0.1) is 16.0 Å². The monoisotopic (exact) mass is 380 g/mol. The van der Waals surface area contributed by atoms with Gasteiger partial charge in [-0.05, 0) is 35.9 Å². The number of benzene rings is 2. The van der Waals surface area contributed by atoms with Gasteiger partial charge in [-0.15, -0.1) is 0 Å². The van der Waals surface area contributed by atoms with Gasteiger partial charge in [-0.2, -0.15) is 0 Å². The molecule has 1 N–H and O–H groups in total. The molecular formula is C18H15Cl2FN2O2. The Morgan fingerprint density at radius 1 is 1.16 bits per heavy atom. The summed E-state index contributed by atoms with van der Waals surface area (Å²) in [5.74, 6) is -1.11. The van der Waals surface area contributed by atoms with Gasteiger partial charge in [-0.1, -0.05) is 35.3 Å². The first-order valence-electron chi connectivity index (χ1n) is 7.71. The van der Waals surface area contributed by atoms with E-state index in [0.717, 1.165) is 5.56 Å². The van der Waals surface area contributed by atoms with Crippen LogP contribution in [0.4, 0.5) is 10.1 Å². The maximum absolute atomic E-state index is 12.9. The first-order valence-corrected chi connectivity index (χ1v) is 8.47. The second-order valence-electron chi connectivity index (χ2n) is 5.85. The molecule has 0 aliphatic carbocycles. The smallest absolute Gasteiger partial charge is 0.227 e. The Morgan fingerprint density at radius 3 is 2.56 bits per heavy atom. The summed E-state index contributed by atoms with van der Waals surface area (Å²) in [6.45, 7) is 0.572. The molecule has 1 heterocycles. The maximum Gasteiger partial charge on any atom is 0.227 e. The van der Waals surface area contributed by atoms with Crippen LogP contribution in [0.1, 0.15) is 12.0 Å². The van der Waals surface area contributed by atoms with Crippen LogP contribution >= 0.6 is 23.2 Å². The van der Waals surface area contributed by atoms with E-state index in [1.54, 1.807) is 30.3 Å². The van der Waals surface area contributed by atoms with Crippen molar-refractivity contribution < 1.29 is 14.0 Å². The number of nitrogens with one attached hydrogen (secondary N) is 1. The van der Waals surface area contributed by atoms with E-state index in [1.807, 2.05) is 0 Å². The summed E-state index contributed by atoms with van der Waals surface area (Å²) >= 11 is 11.9. The molecular weight excluding hydrogens is 366 g/mol. The van der Waals surface area contributed by atoms with Crippen LogP contribution in [0.5, 0.6) is 0 Å². The van der Waals surface area contributed by atoms with Gasteiger partial charge in [0.25, 0.3) is 0 Å². The first kappa shape index (κ1) is 17.7. The average molecular weight is 381 g/mol. The number of nitrogens with zero attached hydrogens (tertiary/aromatic N) is 1. The minimum Gasteiger partial charge on any atom is -0.352 e. The largest absolute Gasteiger partial charge is 0.352 e. The number of carbonyl (C=O) groups excluding carboxylic acids is 2. The molecule has 1 aliphatic rings. The Kier molecular flexibility index (Phi) is 5.25. The van der Waals surface area contributed by atoms with E-state index in [1.165, 1.54) is 17.0 Å². The number of carbonyl (C=O) groups is 2. The van der Waals surface area contributed by atoms with Crippen molar-refractivity contribution in [3.05, 3.63) is 63.9 Å². The predicted octanol–water partition coefficient (Wildman–Crippen LogP) is 3.80. The molecule has 0 saturated carbocycles. The van der Waals surface area contributed by atoms with Crippen molar-refractivity contribution in [3.63, 3.8) is 0 Å². The van der Waals surface area contributed by atoms with Crippen molar-refractivity contribution in [3.8, 4) is 0 Å². The molecule has 0 aromatic heterocycles. The highest BCUT2D eigenvalue weighted by Crippen LogP contribution is 2.31. The summed E-state index contributed by atoms with van der Waals surface area (Å²) in [6, 6.07) is 10.8. The van der Waals surface area contributed by atoms with Gasteiger partial charge >= 0.3 is 0 Å². The third-order valence-corrected chi connectivity index (χ3v) is 4.83. The highest BCUT2D eigenvalue weighted by atomic mass is 35.5. The van der Waals surface area contributed by atoms with E-state index in [-0.39, 0.29) is 37.1 Å². The number of hydrogen-bond donors (Lipinski definition) is 1. The Labute approximate surface area is 154 Å². The molecule has 1 unspecified atom stereocenters. The lowest BCUT2D eigenvalue weighted by Gasteiger charge is -2.17. The van der Waals surface area contributed by atoms with Crippen molar-refractivity contribution in [2.45, 2.75) is 13.0 Å². The van der Waals surface area contributed by atoms with E-state index >= 15 is 0 Å². The van der Waals surface area contributed by atoms with Gasteiger partial charge in [0, 0.05) is 25.2 Å². The van der Waals surface area contributed by atoms with Crippen LogP contribution in [0.15, 0.2) is 42.5 Å². The Morgan fingerprint density at radius 2 is 1.88 bits per heavy atom. The Hall–Kier alpha value is -2.11. The molecule has 1 aliphatic heterocycles. The van der Waals surface area contributed by atoms with E-state index < -0.39 is 5.92 Å². The van der Waals surface area contributed by atoms with E-state index in [2.05, 4.69) is 5.32 Å². The highest BCUT2D eigenvalue weighted by Gasteiger charge is 2.35. The highest BCUT2D eigenvalue weighted by molar-refractivity contribution is 6.42. The normalized spacial score (nSPS) is 17.0. The second kappa shape index (κ2) is 7.42. The molecule has 130 valence electrons. The molecule has 2 aromatic carbocycles. The van der Waals surface area contributed by atoms with Gasteiger partial charge in [0.2, 0.25) is 11.8 Å². The van der Waals surface area contributed by atoms with E-state index in [0.29, 0.717) is 15.7 Å². The third kappa shape index (κ3) is 4.11. The molecule has 2 aromatic rings. The van der Waals surface area contributed by atoms with Crippen molar-refractivity contribution in [1.82, 2.24) is 5.32 Å². The molecule has 3 rings (SSSR count). The van der Waals surface area contributed by atoms with Crippen LogP contribution in [0.3, 0.4) is 0 Å². The van der Waals surface area contributed by atoms with Crippen molar-refractivity contribution in [2.75, 3.05) is 11.4 Å². The second-order valence-corrected chi connectivity index (χ2v) is 6.66. The Bertz CT molecular complexity index is 811. The molecule has 7 heteroatoms. The average Bonchev–Trinajstić information content (AvgIpc) is 2.98. The summed E-state index contributed by atoms with van der Waals surface area (Å²) < 4.78 is 12.9. The fourth-order valence-electron chi connectivity index (χ4n) is 2.72. The van der Waals surface area contributed by atoms with Gasteiger partial charge in [-0.25, -0.2) is 4.39 Å². The van der Waals surface area contributed by atoms with Crippen molar-refractivity contribution in [1.29, 1.82) is 0 Å². The van der Waals surface area contributed by atoms with Crippen LogP contribution in [0, 0.1) is 11.7 Å². The lowest BCUT2D eigenvalue weighted by molar-refractivity contribution is -0.126. The lowest BCUT2D eigenvalue weighted by atomic mass is 10.1. The van der Waals surface area contributed by atoms with Gasteiger partial charge in [0.15, 0.2) is 0 Å². The summed E-state index contributed by atoms with van der Waals surface area (Å²) in [6.07, 6.45) is 0.134. The summed E-state index contributed by atoms with van der Waals surface area (Å²) in [5, 5.41) is 3.55. The van der Waals surface area contributed by atoms with Gasteiger partial charge in [-0.3, -0.25) is 9.59 Å². The van der Waals surface area contributed by atoms with Crippen LogP contribution < -0.4 is 10.2 Å². The zero-order valence-electron chi connectivity index (χ0n) is 13.1. The third-order valence-electron chi connectivity index (χ3n) is 4.09. The van der Waals surface area contributed by atoms with Crippen molar-refractivity contribution >= 4 is 40.7 Å². The molecule has 1 saturated heterocycles. The molecule has 0 bridgehead atoms. The van der Waals surface area contributed by atoms with Gasteiger partial charge in [0.1, 0.15) is 5.82 Å². The standard InChI is InChI=1S/C18H15Cl2FN2O2/c19-15-6-5-14(8-16(15)20)23-10-12(7-17(23)24)18(25)22-9-11-1-3-13(21)4-2-11/h1-6,8,12H,7,9-10H2,(H,22,25). The molecule has 2 amide bonds. The summed E-state index contributed by atoms with van der Waals surface area (Å²) in [7, 11) is 0. The van der Waals surface area contributed by atoms with Crippen molar-refractivity contribution in [2.24, 2.45) is 5.92 Å². The molecule has 0 radical (unpaired) electrons. The number of hydrogen-bond acceptors (Lipinski definition) is 2. The van der Waals surface area contributed by atoms with Crippen LogP contribution in [0.25, 0.3) is 0 Å².